The lowest BCUT2D eigenvalue weighted by Gasteiger charge is -2.12. The number of carbonyl (C=O) groups excluding carboxylic acids is 1. The van der Waals surface area contributed by atoms with Crippen molar-refractivity contribution in [3.8, 4) is 17.6 Å². The van der Waals surface area contributed by atoms with E-state index in [2.05, 4.69) is 27.9 Å². The van der Waals surface area contributed by atoms with Gasteiger partial charge in [0.2, 0.25) is 0 Å². The molecule has 0 aliphatic carbocycles. The molecular weight excluding hydrogens is 515 g/mol. The Morgan fingerprint density at radius 1 is 1.09 bits per heavy atom. The molecule has 32 heavy (non-hydrogen) atoms. The van der Waals surface area contributed by atoms with E-state index in [1.54, 1.807) is 25.3 Å². The van der Waals surface area contributed by atoms with Gasteiger partial charge >= 0.3 is 0 Å². The van der Waals surface area contributed by atoms with Gasteiger partial charge < -0.3 is 14.8 Å². The summed E-state index contributed by atoms with van der Waals surface area (Å²) in [6, 6.07) is 21.0. The van der Waals surface area contributed by atoms with Gasteiger partial charge in [-0.2, -0.15) is 5.26 Å². The van der Waals surface area contributed by atoms with Crippen LogP contribution in [0.25, 0.3) is 6.08 Å². The first-order valence-electron chi connectivity index (χ1n) is 9.96. The van der Waals surface area contributed by atoms with Crippen LogP contribution in [0.2, 0.25) is 0 Å². The van der Waals surface area contributed by atoms with E-state index in [-0.39, 0.29) is 5.57 Å². The molecule has 5 nitrogen and oxygen atoms in total. The van der Waals surface area contributed by atoms with Gasteiger partial charge in [-0.15, -0.1) is 0 Å². The van der Waals surface area contributed by atoms with Gasteiger partial charge in [-0.05, 0) is 95.1 Å². The molecular formula is C26H23IN2O3. The molecule has 6 heteroatoms. The molecule has 162 valence electrons. The standard InChI is InChI=1S/C26H23IN2O3/c1-17-5-4-6-23(18(17)2)29-26(30)21(15-28)13-20-9-12-24(25(14-20)31-3)32-16-19-7-10-22(27)11-8-19/h4-14H,16H2,1-3H3,(H,29,30)/b21-13-. The molecule has 0 aromatic heterocycles. The van der Waals surface area contributed by atoms with Crippen molar-refractivity contribution in [3.05, 3.63) is 92.1 Å². The van der Waals surface area contributed by atoms with Crippen molar-refractivity contribution in [2.75, 3.05) is 12.4 Å². The fraction of sp³-hybridized carbons (Fsp3) is 0.154. The number of nitriles is 1. The highest BCUT2D eigenvalue weighted by atomic mass is 127. The van der Waals surface area contributed by atoms with Crippen LogP contribution in [-0.4, -0.2) is 13.0 Å². The van der Waals surface area contributed by atoms with Crippen molar-refractivity contribution in [2.24, 2.45) is 0 Å². The van der Waals surface area contributed by atoms with Crippen LogP contribution in [0.4, 0.5) is 5.69 Å². The van der Waals surface area contributed by atoms with E-state index in [1.807, 2.05) is 62.4 Å². The highest BCUT2D eigenvalue weighted by Crippen LogP contribution is 2.30. The second-order valence-corrected chi connectivity index (χ2v) is 8.44. The first kappa shape index (κ1) is 23.4. The largest absolute Gasteiger partial charge is 0.493 e. The number of anilines is 1. The fourth-order valence-electron chi connectivity index (χ4n) is 3.03. The Balaban J connectivity index is 1.77. The van der Waals surface area contributed by atoms with Crippen LogP contribution in [-0.2, 0) is 11.4 Å². The van der Waals surface area contributed by atoms with Gasteiger partial charge in [0.25, 0.3) is 5.91 Å². The maximum atomic E-state index is 12.7. The maximum absolute atomic E-state index is 12.7. The summed E-state index contributed by atoms with van der Waals surface area (Å²) in [6.07, 6.45) is 1.53. The second-order valence-electron chi connectivity index (χ2n) is 7.20. The number of rotatable bonds is 7. The van der Waals surface area contributed by atoms with Gasteiger partial charge in [0.05, 0.1) is 7.11 Å². The zero-order chi connectivity index (χ0) is 23.1. The summed E-state index contributed by atoms with van der Waals surface area (Å²) in [6.45, 7) is 4.31. The molecule has 0 saturated heterocycles. The van der Waals surface area contributed by atoms with E-state index in [1.165, 1.54) is 6.08 Å². The van der Waals surface area contributed by atoms with Crippen molar-refractivity contribution in [1.82, 2.24) is 0 Å². The number of hydrogen-bond donors (Lipinski definition) is 1. The van der Waals surface area contributed by atoms with Crippen molar-refractivity contribution in [3.63, 3.8) is 0 Å². The maximum Gasteiger partial charge on any atom is 0.266 e. The first-order chi connectivity index (χ1) is 15.4. The van der Waals surface area contributed by atoms with E-state index in [0.29, 0.717) is 29.4 Å². The van der Waals surface area contributed by atoms with Crippen molar-refractivity contribution >= 4 is 40.3 Å². The van der Waals surface area contributed by atoms with Crippen molar-refractivity contribution in [2.45, 2.75) is 20.5 Å². The number of methoxy groups -OCH3 is 1. The quantitative estimate of drug-likeness (QED) is 0.226. The van der Waals surface area contributed by atoms with Gasteiger partial charge in [-0.1, -0.05) is 30.3 Å². The van der Waals surface area contributed by atoms with E-state index < -0.39 is 5.91 Å². The molecule has 0 heterocycles. The van der Waals surface area contributed by atoms with Crippen LogP contribution in [0.3, 0.4) is 0 Å². The number of aryl methyl sites for hydroxylation is 1. The highest BCUT2D eigenvalue weighted by Gasteiger charge is 2.13. The molecule has 0 aliphatic rings. The highest BCUT2D eigenvalue weighted by molar-refractivity contribution is 14.1. The molecule has 3 aromatic carbocycles. The van der Waals surface area contributed by atoms with Crippen LogP contribution in [0.1, 0.15) is 22.3 Å². The van der Waals surface area contributed by atoms with E-state index in [0.717, 1.165) is 20.3 Å². The summed E-state index contributed by atoms with van der Waals surface area (Å²) >= 11 is 2.26. The first-order valence-corrected chi connectivity index (χ1v) is 11.0. The number of amides is 1. The third kappa shape index (κ3) is 5.89. The average Bonchev–Trinajstić information content (AvgIpc) is 2.80. The minimum Gasteiger partial charge on any atom is -0.493 e. The normalized spacial score (nSPS) is 10.9. The SMILES string of the molecule is COc1cc(/C=C(/C#N)C(=O)Nc2cccc(C)c2C)ccc1OCc1ccc(I)cc1. The molecule has 1 N–H and O–H groups in total. The number of nitrogens with one attached hydrogen (secondary N) is 1. The van der Waals surface area contributed by atoms with Crippen LogP contribution in [0.15, 0.2) is 66.2 Å². The zero-order valence-electron chi connectivity index (χ0n) is 18.1. The van der Waals surface area contributed by atoms with Crippen LogP contribution in [0, 0.1) is 28.7 Å². The third-order valence-electron chi connectivity index (χ3n) is 5.02. The lowest BCUT2D eigenvalue weighted by Crippen LogP contribution is -2.14. The minimum atomic E-state index is -0.459. The third-order valence-corrected chi connectivity index (χ3v) is 5.74. The molecule has 0 atom stereocenters. The molecule has 0 fully saturated rings. The molecule has 3 rings (SSSR count). The van der Waals surface area contributed by atoms with Gasteiger partial charge in [0, 0.05) is 9.26 Å². The Morgan fingerprint density at radius 3 is 2.53 bits per heavy atom. The van der Waals surface area contributed by atoms with E-state index in [9.17, 15) is 10.1 Å². The second kappa shape index (κ2) is 10.8. The number of halogens is 1. The summed E-state index contributed by atoms with van der Waals surface area (Å²) < 4.78 is 12.5. The minimum absolute atomic E-state index is 0.000478. The predicted molar refractivity (Wildman–Crippen MR) is 135 cm³/mol. The Labute approximate surface area is 201 Å². The zero-order valence-corrected chi connectivity index (χ0v) is 20.3. The van der Waals surface area contributed by atoms with Gasteiger partial charge in [-0.25, -0.2) is 0 Å². The number of hydrogen-bond acceptors (Lipinski definition) is 4. The topological polar surface area (TPSA) is 71.3 Å². The Bertz CT molecular complexity index is 1190. The Morgan fingerprint density at radius 2 is 1.84 bits per heavy atom. The summed E-state index contributed by atoms with van der Waals surface area (Å²) in [5.41, 5.74) is 4.43. The average molecular weight is 538 g/mol. The number of ether oxygens (including phenoxy) is 2. The fourth-order valence-corrected chi connectivity index (χ4v) is 3.39. The molecule has 0 radical (unpaired) electrons. The molecule has 0 saturated carbocycles. The Hall–Kier alpha value is -3.31. The van der Waals surface area contributed by atoms with Crippen LogP contribution in [0.5, 0.6) is 11.5 Å². The lowest BCUT2D eigenvalue weighted by molar-refractivity contribution is -0.112. The van der Waals surface area contributed by atoms with Gasteiger partial charge in [0.15, 0.2) is 11.5 Å². The van der Waals surface area contributed by atoms with Crippen molar-refractivity contribution < 1.29 is 14.3 Å². The summed E-state index contributed by atoms with van der Waals surface area (Å²) in [4.78, 5) is 12.7. The molecule has 0 bridgehead atoms. The van der Waals surface area contributed by atoms with Crippen molar-refractivity contribution in [1.29, 1.82) is 5.26 Å². The molecule has 3 aromatic rings. The Kier molecular flexibility index (Phi) is 7.90. The number of benzene rings is 3. The van der Waals surface area contributed by atoms with E-state index >= 15 is 0 Å². The monoisotopic (exact) mass is 538 g/mol. The molecule has 0 unspecified atom stereocenters. The van der Waals surface area contributed by atoms with Gasteiger partial charge in [-0.3, -0.25) is 4.79 Å². The van der Waals surface area contributed by atoms with Crippen LogP contribution < -0.4 is 14.8 Å². The van der Waals surface area contributed by atoms with E-state index in [4.69, 9.17) is 9.47 Å². The lowest BCUT2D eigenvalue weighted by atomic mass is 10.1. The van der Waals surface area contributed by atoms with Gasteiger partial charge in [0.1, 0.15) is 18.2 Å². The smallest absolute Gasteiger partial charge is 0.266 e. The molecule has 0 aliphatic heterocycles. The molecule has 1 amide bonds. The predicted octanol–water partition coefficient (Wildman–Crippen LogP) is 6.04. The van der Waals surface area contributed by atoms with Crippen LogP contribution >= 0.6 is 22.6 Å². The summed E-state index contributed by atoms with van der Waals surface area (Å²) in [5, 5.41) is 12.4. The number of carbonyl (C=O) groups is 1. The summed E-state index contributed by atoms with van der Waals surface area (Å²) in [7, 11) is 1.55. The number of nitrogens with zero attached hydrogens (tertiary/aromatic N) is 1. The summed E-state index contributed by atoms with van der Waals surface area (Å²) in [5.74, 6) is 0.650. The molecule has 0 spiro atoms.